The van der Waals surface area contributed by atoms with Gasteiger partial charge in [-0.2, -0.15) is 0 Å². The van der Waals surface area contributed by atoms with Crippen LogP contribution < -0.4 is 10.9 Å². The molecule has 0 spiro atoms. The number of pyridine rings is 1. The molecule has 1 amide bonds. The molecule has 5 heteroatoms. The van der Waals surface area contributed by atoms with E-state index in [0.717, 1.165) is 12.8 Å². The molecule has 22 heavy (non-hydrogen) atoms. The summed E-state index contributed by atoms with van der Waals surface area (Å²) < 4.78 is 1.44. The van der Waals surface area contributed by atoms with E-state index in [0.29, 0.717) is 5.92 Å². The number of amides is 1. The number of aromatic nitrogens is 1. The van der Waals surface area contributed by atoms with Crippen molar-refractivity contribution in [3.63, 3.8) is 0 Å². The molecule has 1 aliphatic carbocycles. The molecule has 1 atom stereocenters. The smallest absolute Gasteiger partial charge is 0.250 e. The second-order valence-corrected chi connectivity index (χ2v) is 6.75. The lowest BCUT2D eigenvalue weighted by Crippen LogP contribution is -2.36. The van der Waals surface area contributed by atoms with Crippen LogP contribution in [0.1, 0.15) is 36.6 Å². The number of hydrogen-bond donors (Lipinski definition) is 1. The van der Waals surface area contributed by atoms with E-state index in [1.54, 1.807) is 29.7 Å². The van der Waals surface area contributed by atoms with Gasteiger partial charge in [0.15, 0.2) is 0 Å². The molecule has 3 rings (SSSR count). The summed E-state index contributed by atoms with van der Waals surface area (Å²) >= 11 is 1.69. The van der Waals surface area contributed by atoms with Gasteiger partial charge in [0.1, 0.15) is 6.54 Å². The van der Waals surface area contributed by atoms with Crippen LogP contribution in [0.2, 0.25) is 0 Å². The molecule has 0 aromatic carbocycles. The van der Waals surface area contributed by atoms with Crippen LogP contribution in [0.15, 0.2) is 46.7 Å². The SMILES string of the molecule is O=C(Cn1ccccc1=O)NC(c1cccs1)C1CCCC1. The van der Waals surface area contributed by atoms with Crippen LogP contribution in [0.25, 0.3) is 0 Å². The van der Waals surface area contributed by atoms with Crippen molar-refractivity contribution in [2.45, 2.75) is 38.3 Å². The maximum Gasteiger partial charge on any atom is 0.250 e. The Bertz CT molecular complexity index is 672. The van der Waals surface area contributed by atoms with Gasteiger partial charge in [0.2, 0.25) is 5.91 Å². The molecule has 1 fully saturated rings. The van der Waals surface area contributed by atoms with Gasteiger partial charge in [-0.25, -0.2) is 0 Å². The maximum atomic E-state index is 12.4. The predicted octanol–water partition coefficient (Wildman–Crippen LogP) is 2.96. The average Bonchev–Trinajstić information content (AvgIpc) is 3.21. The van der Waals surface area contributed by atoms with Crippen LogP contribution in [-0.2, 0) is 11.3 Å². The molecule has 2 aromatic rings. The van der Waals surface area contributed by atoms with E-state index in [2.05, 4.69) is 11.4 Å². The molecule has 0 radical (unpaired) electrons. The summed E-state index contributed by atoms with van der Waals surface area (Å²) in [5.41, 5.74) is -0.147. The molecule has 4 nitrogen and oxygen atoms in total. The number of hydrogen-bond acceptors (Lipinski definition) is 3. The van der Waals surface area contributed by atoms with Crippen LogP contribution >= 0.6 is 11.3 Å². The van der Waals surface area contributed by atoms with Crippen molar-refractivity contribution in [1.82, 2.24) is 9.88 Å². The van der Waals surface area contributed by atoms with Gasteiger partial charge in [-0.15, -0.1) is 11.3 Å². The second kappa shape index (κ2) is 6.92. The molecule has 1 N–H and O–H groups in total. The number of carbonyl (C=O) groups is 1. The van der Waals surface area contributed by atoms with E-state index in [4.69, 9.17) is 0 Å². The summed E-state index contributed by atoms with van der Waals surface area (Å²) in [4.78, 5) is 25.3. The van der Waals surface area contributed by atoms with Crippen molar-refractivity contribution in [2.24, 2.45) is 5.92 Å². The monoisotopic (exact) mass is 316 g/mol. The zero-order valence-electron chi connectivity index (χ0n) is 12.4. The summed E-state index contributed by atoms with van der Waals surface area (Å²) in [7, 11) is 0. The van der Waals surface area contributed by atoms with E-state index in [1.807, 2.05) is 11.4 Å². The van der Waals surface area contributed by atoms with Crippen molar-refractivity contribution in [3.8, 4) is 0 Å². The zero-order chi connectivity index (χ0) is 15.4. The van der Waals surface area contributed by atoms with Crippen LogP contribution in [0.3, 0.4) is 0 Å². The number of nitrogens with one attached hydrogen (secondary N) is 1. The second-order valence-electron chi connectivity index (χ2n) is 5.77. The number of thiophene rings is 1. The summed E-state index contributed by atoms with van der Waals surface area (Å²) in [5, 5.41) is 5.20. The summed E-state index contributed by atoms with van der Waals surface area (Å²) in [6.45, 7) is 0.0776. The van der Waals surface area contributed by atoms with Crippen LogP contribution in [-0.4, -0.2) is 10.5 Å². The maximum absolute atomic E-state index is 12.4. The largest absolute Gasteiger partial charge is 0.347 e. The minimum absolute atomic E-state index is 0.0776. The van der Waals surface area contributed by atoms with Gasteiger partial charge >= 0.3 is 0 Å². The Kier molecular flexibility index (Phi) is 4.73. The lowest BCUT2D eigenvalue weighted by molar-refractivity contribution is -0.122. The molecule has 2 heterocycles. The van der Waals surface area contributed by atoms with E-state index in [9.17, 15) is 9.59 Å². The molecule has 1 unspecified atom stereocenters. The Morgan fingerprint density at radius 3 is 2.77 bits per heavy atom. The third kappa shape index (κ3) is 3.47. The van der Waals surface area contributed by atoms with Crippen LogP contribution in [0.4, 0.5) is 0 Å². The van der Waals surface area contributed by atoms with Crippen LogP contribution in [0.5, 0.6) is 0 Å². The first-order valence-electron chi connectivity index (χ1n) is 7.72. The molecule has 0 aliphatic heterocycles. The highest BCUT2D eigenvalue weighted by atomic mass is 32.1. The Morgan fingerprint density at radius 2 is 2.09 bits per heavy atom. The topological polar surface area (TPSA) is 51.1 Å². The fourth-order valence-electron chi connectivity index (χ4n) is 3.15. The highest BCUT2D eigenvalue weighted by molar-refractivity contribution is 7.10. The molecule has 1 aliphatic rings. The van der Waals surface area contributed by atoms with Crippen LogP contribution in [0, 0.1) is 5.92 Å². The minimum atomic E-state index is -0.147. The molecule has 116 valence electrons. The Hall–Kier alpha value is -1.88. The van der Waals surface area contributed by atoms with Crippen molar-refractivity contribution < 1.29 is 4.79 Å². The van der Waals surface area contributed by atoms with Crippen molar-refractivity contribution in [2.75, 3.05) is 0 Å². The fourth-order valence-corrected chi connectivity index (χ4v) is 4.01. The van der Waals surface area contributed by atoms with Crippen molar-refractivity contribution >= 4 is 17.2 Å². The lowest BCUT2D eigenvalue weighted by atomic mass is 9.96. The summed E-state index contributed by atoms with van der Waals surface area (Å²) in [6.07, 6.45) is 6.45. The van der Waals surface area contributed by atoms with Gasteiger partial charge in [-0.05, 0) is 36.3 Å². The average molecular weight is 316 g/mol. The molecular formula is C17H20N2O2S. The Labute approximate surface area is 133 Å². The molecule has 1 saturated carbocycles. The zero-order valence-corrected chi connectivity index (χ0v) is 13.2. The molecule has 0 bridgehead atoms. The van der Waals surface area contributed by atoms with Gasteiger partial charge in [0.05, 0.1) is 6.04 Å². The molecule has 2 aromatic heterocycles. The van der Waals surface area contributed by atoms with E-state index >= 15 is 0 Å². The summed E-state index contributed by atoms with van der Waals surface area (Å²) in [6, 6.07) is 9.11. The highest BCUT2D eigenvalue weighted by Crippen LogP contribution is 2.37. The standard InChI is InChI=1S/C17H20N2O2S/c20-15(12-19-10-4-3-9-16(19)21)18-17(13-6-1-2-7-13)14-8-5-11-22-14/h3-5,8-11,13,17H,1-2,6-7,12H2,(H,18,20). The third-order valence-electron chi connectivity index (χ3n) is 4.25. The Morgan fingerprint density at radius 1 is 1.27 bits per heavy atom. The molecule has 0 saturated heterocycles. The number of rotatable bonds is 5. The fraction of sp³-hybridized carbons (Fsp3) is 0.412. The number of nitrogens with zero attached hydrogens (tertiary/aromatic N) is 1. The quantitative estimate of drug-likeness (QED) is 0.922. The first-order chi connectivity index (χ1) is 10.7. The molecular weight excluding hydrogens is 296 g/mol. The third-order valence-corrected chi connectivity index (χ3v) is 5.21. The number of carbonyl (C=O) groups excluding carboxylic acids is 1. The lowest BCUT2D eigenvalue weighted by Gasteiger charge is -2.24. The van der Waals surface area contributed by atoms with Gasteiger partial charge < -0.3 is 9.88 Å². The predicted molar refractivity (Wildman–Crippen MR) is 87.9 cm³/mol. The van der Waals surface area contributed by atoms with Crippen molar-refractivity contribution in [1.29, 1.82) is 0 Å². The first kappa shape index (κ1) is 15.0. The Balaban J connectivity index is 1.71. The van der Waals surface area contributed by atoms with Gasteiger partial charge in [-0.3, -0.25) is 9.59 Å². The minimum Gasteiger partial charge on any atom is -0.347 e. The van der Waals surface area contributed by atoms with Gasteiger partial charge in [-0.1, -0.05) is 25.0 Å². The first-order valence-corrected chi connectivity index (χ1v) is 8.60. The van der Waals surface area contributed by atoms with Gasteiger partial charge in [0.25, 0.3) is 5.56 Å². The van der Waals surface area contributed by atoms with Crippen molar-refractivity contribution in [3.05, 3.63) is 57.1 Å². The normalized spacial score (nSPS) is 16.5. The highest BCUT2D eigenvalue weighted by Gasteiger charge is 2.28. The van der Waals surface area contributed by atoms with Gasteiger partial charge in [0, 0.05) is 17.1 Å². The van der Waals surface area contributed by atoms with E-state index in [-0.39, 0.29) is 24.1 Å². The van der Waals surface area contributed by atoms with E-state index in [1.165, 1.54) is 28.4 Å². The summed E-state index contributed by atoms with van der Waals surface area (Å²) in [5.74, 6) is 0.411. The van der Waals surface area contributed by atoms with E-state index < -0.39 is 0 Å².